The first-order valence-electron chi connectivity index (χ1n) is 7.11. The topological polar surface area (TPSA) is 66.5 Å². The summed E-state index contributed by atoms with van der Waals surface area (Å²) in [5.74, 6) is -0.834. The normalized spacial score (nSPS) is 13.2. The lowest BCUT2D eigenvalue weighted by Crippen LogP contribution is -2.24. The van der Waals surface area contributed by atoms with Gasteiger partial charge in [0.05, 0.1) is 22.6 Å². The maximum absolute atomic E-state index is 12.2. The Hall–Kier alpha value is -2.31. The molecule has 3 amide bonds. The minimum Gasteiger partial charge on any atom is -0.325 e. The maximum atomic E-state index is 12.2. The molecule has 1 aliphatic heterocycles. The molecule has 7 heteroatoms. The highest BCUT2D eigenvalue weighted by Crippen LogP contribution is 2.29. The highest BCUT2D eigenvalue weighted by molar-refractivity contribution is 8.00. The fraction of sp³-hybridized carbons (Fsp3) is 0.118. The van der Waals surface area contributed by atoms with Gasteiger partial charge in [0.25, 0.3) is 11.8 Å². The van der Waals surface area contributed by atoms with Crippen LogP contribution in [0.4, 0.5) is 5.69 Å². The van der Waals surface area contributed by atoms with Gasteiger partial charge in [-0.25, -0.2) is 0 Å². The van der Waals surface area contributed by atoms with Gasteiger partial charge in [-0.05, 0) is 36.4 Å². The maximum Gasteiger partial charge on any atom is 0.263 e. The number of rotatable bonds is 4. The number of thioether (sulfide) groups is 1. The summed E-state index contributed by atoms with van der Waals surface area (Å²) in [5, 5.41) is 3.35. The fourth-order valence-electron chi connectivity index (χ4n) is 2.37. The summed E-state index contributed by atoms with van der Waals surface area (Å²) in [6, 6.07) is 12.0. The van der Waals surface area contributed by atoms with Crippen molar-refractivity contribution >= 4 is 46.8 Å². The molecule has 3 rings (SSSR count). The first-order valence-corrected chi connectivity index (χ1v) is 8.47. The van der Waals surface area contributed by atoms with Crippen molar-refractivity contribution in [2.45, 2.75) is 4.90 Å². The minimum absolute atomic E-state index is 0.184. The number of halogens is 1. The summed E-state index contributed by atoms with van der Waals surface area (Å²) in [7, 11) is 1.42. The van der Waals surface area contributed by atoms with Gasteiger partial charge in [-0.15, -0.1) is 11.8 Å². The van der Waals surface area contributed by atoms with E-state index in [1.807, 2.05) is 12.1 Å². The van der Waals surface area contributed by atoms with Gasteiger partial charge in [0.1, 0.15) is 0 Å². The molecule has 0 aromatic heterocycles. The summed E-state index contributed by atoms with van der Waals surface area (Å²) >= 11 is 7.18. The monoisotopic (exact) mass is 360 g/mol. The van der Waals surface area contributed by atoms with E-state index in [0.29, 0.717) is 16.3 Å². The highest BCUT2D eigenvalue weighted by atomic mass is 35.5. The van der Waals surface area contributed by atoms with Crippen molar-refractivity contribution in [1.29, 1.82) is 0 Å². The van der Waals surface area contributed by atoms with Crippen LogP contribution < -0.4 is 5.32 Å². The predicted octanol–water partition coefficient (Wildman–Crippen LogP) is 3.30. The van der Waals surface area contributed by atoms with Crippen LogP contribution in [0.2, 0.25) is 5.02 Å². The number of imide groups is 1. The van der Waals surface area contributed by atoms with Crippen LogP contribution in [0.15, 0.2) is 47.4 Å². The van der Waals surface area contributed by atoms with Gasteiger partial charge < -0.3 is 5.32 Å². The number of benzene rings is 2. The summed E-state index contributed by atoms with van der Waals surface area (Å²) in [6.07, 6.45) is 0. The molecule has 1 heterocycles. The zero-order chi connectivity index (χ0) is 17.3. The van der Waals surface area contributed by atoms with Crippen LogP contribution in [0.25, 0.3) is 0 Å². The number of fused-ring (bicyclic) bond motifs is 1. The Labute approximate surface area is 148 Å². The number of amides is 3. The van der Waals surface area contributed by atoms with E-state index in [1.165, 1.54) is 18.8 Å². The van der Waals surface area contributed by atoms with Gasteiger partial charge in [-0.2, -0.15) is 0 Å². The van der Waals surface area contributed by atoms with E-state index in [2.05, 4.69) is 5.32 Å². The summed E-state index contributed by atoms with van der Waals surface area (Å²) < 4.78 is 0. The molecule has 24 heavy (non-hydrogen) atoms. The second kappa shape index (κ2) is 6.67. The molecular formula is C17H13ClN2O3S. The van der Waals surface area contributed by atoms with Gasteiger partial charge in [0, 0.05) is 17.0 Å². The molecule has 5 nitrogen and oxygen atoms in total. The lowest BCUT2D eigenvalue weighted by atomic mass is 10.1. The predicted molar refractivity (Wildman–Crippen MR) is 93.7 cm³/mol. The molecule has 0 radical (unpaired) electrons. The van der Waals surface area contributed by atoms with E-state index in [4.69, 9.17) is 11.6 Å². The SMILES string of the molecule is CN1C(=O)c2cccc(NC(=O)CSc3ccc(Cl)cc3)c2C1=O. The lowest BCUT2D eigenvalue weighted by Gasteiger charge is -2.09. The number of hydrogen-bond acceptors (Lipinski definition) is 4. The molecule has 0 unspecified atom stereocenters. The van der Waals surface area contributed by atoms with E-state index in [-0.39, 0.29) is 23.1 Å². The first-order chi connectivity index (χ1) is 11.5. The van der Waals surface area contributed by atoms with E-state index in [1.54, 1.807) is 30.3 Å². The summed E-state index contributed by atoms with van der Waals surface area (Å²) in [5.41, 5.74) is 0.914. The Bertz CT molecular complexity index is 836. The second-order valence-corrected chi connectivity index (χ2v) is 6.67. The molecule has 0 bridgehead atoms. The largest absolute Gasteiger partial charge is 0.325 e. The van der Waals surface area contributed by atoms with Crippen molar-refractivity contribution in [3.8, 4) is 0 Å². The fourth-order valence-corrected chi connectivity index (χ4v) is 3.20. The van der Waals surface area contributed by atoms with Gasteiger partial charge in [0.15, 0.2) is 0 Å². The number of carbonyl (C=O) groups excluding carboxylic acids is 3. The van der Waals surface area contributed by atoms with E-state index >= 15 is 0 Å². The van der Waals surface area contributed by atoms with Gasteiger partial charge >= 0.3 is 0 Å². The van der Waals surface area contributed by atoms with Crippen LogP contribution in [-0.2, 0) is 4.79 Å². The number of nitrogens with zero attached hydrogens (tertiary/aromatic N) is 1. The molecular weight excluding hydrogens is 348 g/mol. The number of anilines is 1. The third-order valence-electron chi connectivity index (χ3n) is 3.58. The third kappa shape index (κ3) is 3.16. The average molecular weight is 361 g/mol. The molecule has 2 aromatic rings. The van der Waals surface area contributed by atoms with Crippen molar-refractivity contribution in [2.75, 3.05) is 18.1 Å². The van der Waals surface area contributed by atoms with E-state index < -0.39 is 5.91 Å². The quantitative estimate of drug-likeness (QED) is 0.671. The van der Waals surface area contributed by atoms with Crippen LogP contribution in [0.5, 0.6) is 0 Å². The van der Waals surface area contributed by atoms with Crippen LogP contribution >= 0.6 is 23.4 Å². The molecule has 0 fully saturated rings. The van der Waals surface area contributed by atoms with Crippen LogP contribution in [0.1, 0.15) is 20.7 Å². The highest BCUT2D eigenvalue weighted by Gasteiger charge is 2.35. The smallest absolute Gasteiger partial charge is 0.263 e. The molecule has 0 saturated carbocycles. The Morgan fingerprint density at radius 3 is 2.54 bits per heavy atom. The molecule has 0 saturated heterocycles. The molecule has 0 aliphatic carbocycles. The number of hydrogen-bond donors (Lipinski definition) is 1. The number of carbonyl (C=O) groups is 3. The van der Waals surface area contributed by atoms with E-state index in [9.17, 15) is 14.4 Å². The Morgan fingerprint density at radius 2 is 1.83 bits per heavy atom. The zero-order valence-corrected chi connectivity index (χ0v) is 14.3. The van der Waals surface area contributed by atoms with Gasteiger partial charge in [0.2, 0.25) is 5.91 Å². The van der Waals surface area contributed by atoms with E-state index in [0.717, 1.165) is 9.80 Å². The van der Waals surface area contributed by atoms with Crippen molar-refractivity contribution in [1.82, 2.24) is 4.90 Å². The Balaban J connectivity index is 1.71. The lowest BCUT2D eigenvalue weighted by molar-refractivity contribution is -0.113. The molecule has 0 atom stereocenters. The van der Waals surface area contributed by atoms with Crippen molar-refractivity contribution in [3.05, 3.63) is 58.6 Å². The van der Waals surface area contributed by atoms with Crippen molar-refractivity contribution < 1.29 is 14.4 Å². The van der Waals surface area contributed by atoms with Crippen LogP contribution in [0, 0.1) is 0 Å². The molecule has 0 spiro atoms. The summed E-state index contributed by atoms with van der Waals surface area (Å²) in [4.78, 5) is 38.2. The Morgan fingerprint density at radius 1 is 1.12 bits per heavy atom. The Kier molecular flexibility index (Phi) is 4.59. The number of nitrogens with one attached hydrogen (secondary N) is 1. The van der Waals surface area contributed by atoms with Gasteiger partial charge in [-0.3, -0.25) is 19.3 Å². The molecule has 122 valence electrons. The third-order valence-corrected chi connectivity index (χ3v) is 4.84. The zero-order valence-electron chi connectivity index (χ0n) is 12.7. The molecule has 2 aromatic carbocycles. The molecule has 1 aliphatic rings. The van der Waals surface area contributed by atoms with Crippen molar-refractivity contribution in [2.24, 2.45) is 0 Å². The minimum atomic E-state index is -0.406. The van der Waals surface area contributed by atoms with Gasteiger partial charge in [-0.1, -0.05) is 17.7 Å². The average Bonchev–Trinajstić information content (AvgIpc) is 2.80. The molecule has 1 N–H and O–H groups in total. The van der Waals surface area contributed by atoms with Crippen LogP contribution in [-0.4, -0.2) is 35.4 Å². The van der Waals surface area contributed by atoms with Crippen molar-refractivity contribution in [3.63, 3.8) is 0 Å². The summed E-state index contributed by atoms with van der Waals surface area (Å²) in [6.45, 7) is 0. The van der Waals surface area contributed by atoms with Crippen LogP contribution in [0.3, 0.4) is 0 Å². The second-order valence-electron chi connectivity index (χ2n) is 5.19. The standard InChI is InChI=1S/C17H13ClN2O3S/c1-20-16(22)12-3-2-4-13(15(12)17(20)23)19-14(21)9-24-11-7-5-10(18)6-8-11/h2-8H,9H2,1H3,(H,19,21). The first kappa shape index (κ1) is 16.5.